The second-order valence-corrected chi connectivity index (χ2v) is 2.81. The molecule has 0 atom stereocenters. The van der Waals surface area contributed by atoms with Gasteiger partial charge in [0.25, 0.3) is 0 Å². The van der Waals surface area contributed by atoms with Gasteiger partial charge < -0.3 is 0 Å². The summed E-state index contributed by atoms with van der Waals surface area (Å²) in [6, 6.07) is 0. The first-order valence-corrected chi connectivity index (χ1v) is 4.44. The third kappa shape index (κ3) is 6.46. The molecule has 0 spiro atoms. The Morgan fingerprint density at radius 3 is 1.86 bits per heavy atom. The number of hydrogen-bond donors (Lipinski definition) is 0. The molecule has 7 heavy (non-hydrogen) atoms. The van der Waals surface area contributed by atoms with Crippen molar-refractivity contribution in [3.8, 4) is 0 Å². The third-order valence-electron chi connectivity index (χ3n) is 0.469. The van der Waals surface area contributed by atoms with E-state index in [0.29, 0.717) is 0 Å². The van der Waals surface area contributed by atoms with Crippen molar-refractivity contribution in [2.45, 2.75) is 13.8 Å². The van der Waals surface area contributed by atoms with Crippen LogP contribution in [0.1, 0.15) is 13.8 Å². The fourth-order valence-electron chi connectivity index (χ4n) is 0.184. The standard InChI is InChI=1S/C4H11GeO2/c1-3-6-5-7-4-2/h5H,3-4H2,1-2H3. The van der Waals surface area contributed by atoms with Crippen LogP contribution in [0, 0.1) is 0 Å². The van der Waals surface area contributed by atoms with E-state index in [1.807, 2.05) is 13.8 Å². The van der Waals surface area contributed by atoms with Crippen LogP contribution < -0.4 is 0 Å². The first-order valence-electron chi connectivity index (χ1n) is 2.46. The summed E-state index contributed by atoms with van der Waals surface area (Å²) in [5.74, 6) is 0. The summed E-state index contributed by atoms with van der Waals surface area (Å²) >= 11 is -0.717. The van der Waals surface area contributed by atoms with Gasteiger partial charge in [-0.2, -0.15) is 0 Å². The van der Waals surface area contributed by atoms with E-state index in [-0.39, 0.29) is 0 Å². The van der Waals surface area contributed by atoms with Gasteiger partial charge in [-0.05, 0) is 0 Å². The molecule has 3 heteroatoms. The summed E-state index contributed by atoms with van der Waals surface area (Å²) in [7, 11) is 0. The first-order chi connectivity index (χ1) is 3.41. The van der Waals surface area contributed by atoms with Crippen LogP contribution in [0.4, 0.5) is 0 Å². The van der Waals surface area contributed by atoms with E-state index in [4.69, 9.17) is 7.53 Å². The molecule has 0 N–H and O–H groups in total. The Morgan fingerprint density at radius 2 is 1.57 bits per heavy atom. The Kier molecular flexibility index (Phi) is 6.89. The molecule has 1 radical (unpaired) electrons. The summed E-state index contributed by atoms with van der Waals surface area (Å²) in [5.41, 5.74) is 0. The minimum absolute atomic E-state index is 0.717. The van der Waals surface area contributed by atoms with E-state index >= 15 is 0 Å². The van der Waals surface area contributed by atoms with Gasteiger partial charge in [0.15, 0.2) is 0 Å². The molecular weight excluding hydrogens is 153 g/mol. The van der Waals surface area contributed by atoms with E-state index in [2.05, 4.69) is 0 Å². The van der Waals surface area contributed by atoms with Gasteiger partial charge in [0, 0.05) is 0 Å². The molecule has 0 aromatic heterocycles. The van der Waals surface area contributed by atoms with Crippen molar-refractivity contribution < 1.29 is 7.53 Å². The quantitative estimate of drug-likeness (QED) is 0.439. The minimum atomic E-state index is -0.717. The van der Waals surface area contributed by atoms with Crippen molar-refractivity contribution in [3.05, 3.63) is 0 Å². The summed E-state index contributed by atoms with van der Waals surface area (Å²) in [6.07, 6.45) is 0. The van der Waals surface area contributed by atoms with Crippen molar-refractivity contribution in [2.24, 2.45) is 0 Å². The number of rotatable bonds is 4. The second kappa shape index (κ2) is 6.46. The van der Waals surface area contributed by atoms with Crippen LogP contribution in [0.3, 0.4) is 0 Å². The van der Waals surface area contributed by atoms with E-state index < -0.39 is 16.1 Å². The molecule has 0 aromatic carbocycles. The van der Waals surface area contributed by atoms with Crippen molar-refractivity contribution in [1.82, 2.24) is 0 Å². The van der Waals surface area contributed by atoms with Gasteiger partial charge in [-0.15, -0.1) is 0 Å². The maximum atomic E-state index is 5.01. The molecule has 0 aliphatic rings. The first kappa shape index (κ1) is 7.46. The third-order valence-corrected chi connectivity index (χ3v) is 2.44. The predicted molar refractivity (Wildman–Crippen MR) is 30.4 cm³/mol. The van der Waals surface area contributed by atoms with Crippen LogP contribution in [0.5, 0.6) is 0 Å². The van der Waals surface area contributed by atoms with Gasteiger partial charge in [-0.3, -0.25) is 0 Å². The number of hydrogen-bond acceptors (Lipinski definition) is 2. The molecule has 0 amide bonds. The Morgan fingerprint density at radius 1 is 1.14 bits per heavy atom. The van der Waals surface area contributed by atoms with Crippen LogP contribution in [0.25, 0.3) is 0 Å². The predicted octanol–water partition coefficient (Wildman–Crippen LogP) is 0.326. The van der Waals surface area contributed by atoms with E-state index in [9.17, 15) is 0 Å². The zero-order valence-corrected chi connectivity index (χ0v) is 7.23. The molecule has 0 unspecified atom stereocenters. The Balaban J connectivity index is 2.45. The molecule has 43 valence electrons. The van der Waals surface area contributed by atoms with Gasteiger partial charge >= 0.3 is 50.7 Å². The Labute approximate surface area is 51.3 Å². The van der Waals surface area contributed by atoms with Crippen molar-refractivity contribution in [3.63, 3.8) is 0 Å². The molecule has 0 rings (SSSR count). The van der Waals surface area contributed by atoms with Crippen LogP contribution in [0.15, 0.2) is 0 Å². The fraction of sp³-hybridized carbons (Fsp3) is 1.00. The zero-order valence-electron chi connectivity index (χ0n) is 4.81. The van der Waals surface area contributed by atoms with Crippen LogP contribution in [-0.4, -0.2) is 29.3 Å². The molecule has 2 nitrogen and oxygen atoms in total. The van der Waals surface area contributed by atoms with E-state index in [0.717, 1.165) is 13.2 Å². The molecule has 0 saturated heterocycles. The molecule has 0 aliphatic carbocycles. The van der Waals surface area contributed by atoms with Gasteiger partial charge in [-0.25, -0.2) is 0 Å². The summed E-state index contributed by atoms with van der Waals surface area (Å²) in [5, 5.41) is 0. The average molecular weight is 164 g/mol. The normalized spacial score (nSPS) is 9.43. The second-order valence-electron chi connectivity index (χ2n) is 1.01. The maximum absolute atomic E-state index is 5.01. The molecule has 0 bridgehead atoms. The van der Waals surface area contributed by atoms with Crippen LogP contribution in [0.2, 0.25) is 0 Å². The van der Waals surface area contributed by atoms with Crippen molar-refractivity contribution >= 4 is 16.1 Å². The molecule has 0 aliphatic heterocycles. The van der Waals surface area contributed by atoms with Gasteiger partial charge in [0.2, 0.25) is 0 Å². The fourth-order valence-corrected chi connectivity index (χ4v) is 0.957. The molecular formula is C4H11GeO2. The SMILES string of the molecule is CC[O][GeH][O]CC. The summed E-state index contributed by atoms with van der Waals surface area (Å²) < 4.78 is 10.0. The summed E-state index contributed by atoms with van der Waals surface area (Å²) in [4.78, 5) is 0. The van der Waals surface area contributed by atoms with Gasteiger partial charge in [0.05, 0.1) is 0 Å². The molecule has 0 saturated carbocycles. The van der Waals surface area contributed by atoms with E-state index in [1.54, 1.807) is 0 Å². The topological polar surface area (TPSA) is 18.5 Å². The van der Waals surface area contributed by atoms with Crippen LogP contribution in [-0.2, 0) is 7.53 Å². The van der Waals surface area contributed by atoms with Gasteiger partial charge in [-0.1, -0.05) is 0 Å². The van der Waals surface area contributed by atoms with Crippen molar-refractivity contribution in [1.29, 1.82) is 0 Å². The monoisotopic (exact) mass is 165 g/mol. The van der Waals surface area contributed by atoms with Crippen molar-refractivity contribution in [2.75, 3.05) is 13.2 Å². The molecule has 0 fully saturated rings. The Bertz CT molecular complexity index is 28.9. The van der Waals surface area contributed by atoms with Crippen LogP contribution >= 0.6 is 0 Å². The Hall–Kier alpha value is 0.463. The van der Waals surface area contributed by atoms with E-state index in [1.165, 1.54) is 0 Å². The molecule has 0 heterocycles. The zero-order chi connectivity index (χ0) is 5.54. The average Bonchev–Trinajstić information content (AvgIpc) is 1.69. The summed E-state index contributed by atoms with van der Waals surface area (Å²) in [6.45, 7) is 5.58. The van der Waals surface area contributed by atoms with Gasteiger partial charge in [0.1, 0.15) is 0 Å². The molecule has 0 aromatic rings.